The van der Waals surface area contributed by atoms with E-state index in [1.165, 1.54) is 14.2 Å². The number of hydrogen-bond donors (Lipinski definition) is 0. The van der Waals surface area contributed by atoms with E-state index in [0.29, 0.717) is 12.8 Å². The maximum absolute atomic E-state index is 12.6. The zero-order valence-electron chi connectivity index (χ0n) is 34.6. The van der Waals surface area contributed by atoms with Crippen molar-refractivity contribution in [3.63, 3.8) is 0 Å². The van der Waals surface area contributed by atoms with Crippen molar-refractivity contribution in [3.05, 3.63) is 214 Å². The van der Waals surface area contributed by atoms with Gasteiger partial charge in [0.05, 0.1) is 32.2 Å². The number of alkyl halides is 1. The highest BCUT2D eigenvalue weighted by Gasteiger charge is 2.23. The van der Waals surface area contributed by atoms with E-state index in [2.05, 4.69) is 34.1 Å². The predicted octanol–water partition coefficient (Wildman–Crippen LogP) is 9.50. The van der Waals surface area contributed by atoms with Crippen LogP contribution in [0.1, 0.15) is 44.5 Å². The highest BCUT2D eigenvalue weighted by Crippen LogP contribution is 2.19. The number of benzene rings is 6. The molecule has 11 heteroatoms. The van der Waals surface area contributed by atoms with Gasteiger partial charge in [0.1, 0.15) is 0 Å². The highest BCUT2D eigenvalue weighted by molar-refractivity contribution is 9.08. The molecule has 0 aromatic heterocycles. The Morgan fingerprint density at radius 1 is 0.533 bits per heavy atom. The third-order valence-electron chi connectivity index (χ3n) is 9.26. The molecule has 2 radical (unpaired) electrons. The molecule has 0 N–H and O–H groups in total. The SMILES string of the molecule is COC(=O)[C@H](Cc1cccc(CBr)c1)N=C(c1ccccc1)c1ccccc1.P.P.[B]B(C)Cc1cccc(C[C@H](N=C(c2ccccc2)c2ccccc2)C(=O)OC)c1. The molecule has 0 aliphatic carbocycles. The lowest BCUT2D eigenvalue weighted by Crippen LogP contribution is -2.25. The summed E-state index contributed by atoms with van der Waals surface area (Å²) in [5.74, 6) is -0.689. The molecule has 6 rings (SSSR count). The molecule has 0 spiro atoms. The van der Waals surface area contributed by atoms with E-state index < -0.39 is 12.1 Å². The Hall–Kier alpha value is -4.93. The van der Waals surface area contributed by atoms with Crippen molar-refractivity contribution in [2.24, 2.45) is 9.98 Å². The molecular formula is C49H53B2BrN2O4P2. The second-order valence-electron chi connectivity index (χ2n) is 13.9. The fraction of sp³-hybridized carbons (Fsp3) is 0.184. The van der Waals surface area contributed by atoms with Crippen molar-refractivity contribution in [3.8, 4) is 0 Å². The Morgan fingerprint density at radius 3 is 1.17 bits per heavy atom. The van der Waals surface area contributed by atoms with Crippen LogP contribution in [0.3, 0.4) is 0 Å². The van der Waals surface area contributed by atoms with E-state index in [9.17, 15) is 9.59 Å². The van der Waals surface area contributed by atoms with Gasteiger partial charge in [-0.15, -0.1) is 0 Å². The molecule has 6 nitrogen and oxygen atoms in total. The van der Waals surface area contributed by atoms with Crippen LogP contribution in [0.2, 0.25) is 6.82 Å². The first-order valence-corrected chi connectivity index (χ1v) is 20.4. The standard InChI is InChI=1S/C25H25B2NO2.C24H22BrNO2.2H3P/c1-27(26)18-20-11-9-10-19(16-20)17-23(25(29)30-2)28-24(21-12-5-3-6-13-21)22-14-7-4-8-15-22;1-28-24(27)22(16-18-9-8-10-19(15-18)17-25)26-23(20-11-4-2-5-12-20)21-13-6-3-7-14-21;;/h3-16,23H,17-18H2,1-2H3;2-15,22H,16-17H2,1H3;2*1H3/t23-;22-;;/m00../s1. The fourth-order valence-corrected chi connectivity index (χ4v) is 6.85. The number of hydrogen-bond acceptors (Lipinski definition) is 6. The van der Waals surface area contributed by atoms with Crippen LogP contribution in [0.5, 0.6) is 0 Å². The lowest BCUT2D eigenvalue weighted by atomic mass is 9.32. The Balaban J connectivity index is 0.000000311. The van der Waals surface area contributed by atoms with Crippen LogP contribution in [-0.4, -0.2) is 64.0 Å². The monoisotopic (exact) mass is 896 g/mol. The van der Waals surface area contributed by atoms with Crippen molar-refractivity contribution in [2.45, 2.75) is 43.4 Å². The third kappa shape index (κ3) is 15.3. The summed E-state index contributed by atoms with van der Waals surface area (Å²) in [5.41, 5.74) is 9.83. The Kier molecular flexibility index (Phi) is 21.7. The van der Waals surface area contributed by atoms with Crippen molar-refractivity contribution < 1.29 is 19.1 Å². The molecule has 0 bridgehead atoms. The number of carbonyl (C=O) groups excluding carboxylic acids is 2. The number of ether oxygens (including phenoxy) is 2. The van der Waals surface area contributed by atoms with Crippen molar-refractivity contribution >= 4 is 73.4 Å². The summed E-state index contributed by atoms with van der Waals surface area (Å²) < 4.78 is 10.1. The summed E-state index contributed by atoms with van der Waals surface area (Å²) in [6, 6.07) is 54.7. The fourth-order valence-electron chi connectivity index (χ4n) is 6.50. The molecule has 6 aromatic carbocycles. The predicted molar refractivity (Wildman–Crippen MR) is 265 cm³/mol. The van der Waals surface area contributed by atoms with Gasteiger partial charge in [0.25, 0.3) is 0 Å². The molecule has 0 saturated carbocycles. The van der Waals surface area contributed by atoms with E-state index in [-0.39, 0.29) is 38.3 Å². The first kappa shape index (κ1) is 49.4. The van der Waals surface area contributed by atoms with Gasteiger partial charge in [0.15, 0.2) is 12.1 Å². The van der Waals surface area contributed by atoms with Crippen LogP contribution >= 0.6 is 35.7 Å². The average Bonchev–Trinajstić information content (AvgIpc) is 3.27. The molecule has 2 unspecified atom stereocenters. The summed E-state index contributed by atoms with van der Waals surface area (Å²) in [6.45, 7) is 2.07. The Morgan fingerprint density at radius 2 is 0.850 bits per heavy atom. The van der Waals surface area contributed by atoms with Gasteiger partial charge in [-0.1, -0.05) is 204 Å². The van der Waals surface area contributed by atoms with Gasteiger partial charge in [-0.25, -0.2) is 9.59 Å². The van der Waals surface area contributed by atoms with E-state index in [4.69, 9.17) is 27.2 Å². The topological polar surface area (TPSA) is 77.3 Å². The first-order valence-electron chi connectivity index (χ1n) is 19.3. The molecule has 0 saturated heterocycles. The number of methoxy groups -OCH3 is 2. The van der Waals surface area contributed by atoms with E-state index in [1.807, 2.05) is 158 Å². The number of halogens is 1. The average molecular weight is 897 g/mol. The van der Waals surface area contributed by atoms with Gasteiger partial charge in [-0.2, -0.15) is 19.8 Å². The van der Waals surface area contributed by atoms with Crippen molar-refractivity contribution in [1.29, 1.82) is 0 Å². The number of aliphatic imine (C=N–C) groups is 2. The largest absolute Gasteiger partial charge is 0.467 e. The molecule has 0 aliphatic rings. The van der Waals surface area contributed by atoms with Crippen LogP contribution in [-0.2, 0) is 43.6 Å². The molecule has 4 atom stereocenters. The van der Waals surface area contributed by atoms with Gasteiger partial charge in [-0.05, 0) is 16.7 Å². The molecule has 0 aliphatic heterocycles. The number of rotatable bonds is 15. The Bertz CT molecular complexity index is 2180. The van der Waals surface area contributed by atoms with Crippen LogP contribution < -0.4 is 0 Å². The summed E-state index contributed by atoms with van der Waals surface area (Å²) in [4.78, 5) is 34.9. The quantitative estimate of drug-likeness (QED) is 0.0339. The summed E-state index contributed by atoms with van der Waals surface area (Å²) in [7, 11) is 8.76. The number of carbonyl (C=O) groups is 2. The minimum Gasteiger partial charge on any atom is -0.467 e. The lowest BCUT2D eigenvalue weighted by molar-refractivity contribution is -0.142. The number of nitrogens with zero attached hydrogens (tertiary/aromatic N) is 2. The second kappa shape index (κ2) is 26.3. The molecule has 0 amide bonds. The maximum Gasteiger partial charge on any atom is 0.330 e. The van der Waals surface area contributed by atoms with Crippen LogP contribution in [0.4, 0.5) is 0 Å². The third-order valence-corrected chi connectivity index (χ3v) is 9.91. The molecule has 0 fully saturated rings. The van der Waals surface area contributed by atoms with E-state index >= 15 is 0 Å². The molecule has 0 heterocycles. The van der Waals surface area contributed by atoms with Crippen molar-refractivity contribution in [2.75, 3.05) is 14.2 Å². The van der Waals surface area contributed by atoms with Gasteiger partial charge in [-0.3, -0.25) is 9.98 Å². The first-order chi connectivity index (χ1) is 28.3. The van der Waals surface area contributed by atoms with Gasteiger partial charge in [0, 0.05) is 48.2 Å². The normalized spacial score (nSPS) is 11.1. The molecule has 6 aromatic rings. The maximum atomic E-state index is 12.6. The number of esters is 2. The summed E-state index contributed by atoms with van der Waals surface area (Å²) in [5, 5.41) is 0.770. The second-order valence-corrected chi connectivity index (χ2v) is 14.4. The lowest BCUT2D eigenvalue weighted by Gasteiger charge is -2.15. The zero-order chi connectivity index (χ0) is 41.1. The minimum atomic E-state index is -0.643. The van der Waals surface area contributed by atoms with Crippen LogP contribution in [0.25, 0.3) is 0 Å². The van der Waals surface area contributed by atoms with Crippen LogP contribution in [0.15, 0.2) is 180 Å². The molecular weight excluding hydrogens is 844 g/mol. The van der Waals surface area contributed by atoms with Crippen LogP contribution in [0, 0.1) is 0 Å². The highest BCUT2D eigenvalue weighted by atomic mass is 79.9. The molecule has 60 heavy (non-hydrogen) atoms. The van der Waals surface area contributed by atoms with Gasteiger partial charge in [0.2, 0.25) is 0 Å². The minimum absolute atomic E-state index is 0. The van der Waals surface area contributed by atoms with E-state index in [0.717, 1.165) is 67.6 Å². The van der Waals surface area contributed by atoms with Gasteiger partial charge < -0.3 is 9.47 Å². The summed E-state index contributed by atoms with van der Waals surface area (Å²) >= 11 is 3.48. The Labute approximate surface area is 372 Å². The zero-order valence-corrected chi connectivity index (χ0v) is 39.0. The van der Waals surface area contributed by atoms with E-state index in [1.54, 1.807) is 0 Å². The van der Waals surface area contributed by atoms with Gasteiger partial charge >= 0.3 is 11.9 Å². The smallest absolute Gasteiger partial charge is 0.330 e. The molecule has 306 valence electrons. The van der Waals surface area contributed by atoms with Crippen molar-refractivity contribution in [1.82, 2.24) is 0 Å². The summed E-state index contributed by atoms with van der Waals surface area (Å²) in [6.07, 6.45) is 1.73.